The van der Waals surface area contributed by atoms with Crippen molar-refractivity contribution in [2.45, 2.75) is 70.1 Å². The summed E-state index contributed by atoms with van der Waals surface area (Å²) >= 11 is 1.73. The van der Waals surface area contributed by atoms with Gasteiger partial charge in [-0.1, -0.05) is 6.42 Å². The lowest BCUT2D eigenvalue weighted by Gasteiger charge is -2.44. The number of fused-ring (bicyclic) bond motifs is 1. The topological polar surface area (TPSA) is 54.9 Å². The SMILES string of the molecule is O=C(C1CCOCC1)N1CCc2nc(-c3ccc(O[C@H]4C[C@H](N5CCCCC5)C4)cc3)sc2C1. The van der Waals surface area contributed by atoms with Crippen molar-refractivity contribution in [3.05, 3.63) is 34.8 Å². The Morgan fingerprint density at radius 2 is 1.79 bits per heavy atom. The first kappa shape index (κ1) is 22.5. The van der Waals surface area contributed by atoms with Crippen LogP contribution in [-0.2, 0) is 22.5 Å². The van der Waals surface area contributed by atoms with Crippen LogP contribution in [-0.4, -0.2) is 65.7 Å². The zero-order valence-electron chi connectivity index (χ0n) is 19.9. The number of benzene rings is 1. The minimum Gasteiger partial charge on any atom is -0.490 e. The Balaban J connectivity index is 1.04. The molecule has 0 N–H and O–H groups in total. The molecule has 7 heteroatoms. The van der Waals surface area contributed by atoms with E-state index in [4.69, 9.17) is 14.5 Å². The van der Waals surface area contributed by atoms with Crippen LogP contribution in [0.15, 0.2) is 24.3 Å². The van der Waals surface area contributed by atoms with Gasteiger partial charge in [-0.3, -0.25) is 4.79 Å². The van der Waals surface area contributed by atoms with E-state index in [9.17, 15) is 4.79 Å². The van der Waals surface area contributed by atoms with Gasteiger partial charge < -0.3 is 19.3 Å². The van der Waals surface area contributed by atoms with E-state index in [1.165, 1.54) is 37.2 Å². The fourth-order valence-corrected chi connectivity index (χ4v) is 6.92. The van der Waals surface area contributed by atoms with E-state index >= 15 is 0 Å². The van der Waals surface area contributed by atoms with E-state index in [0.717, 1.165) is 66.7 Å². The number of nitrogens with zero attached hydrogens (tertiary/aromatic N) is 3. The smallest absolute Gasteiger partial charge is 0.226 e. The predicted octanol–water partition coefficient (Wildman–Crippen LogP) is 4.52. The molecule has 1 saturated carbocycles. The van der Waals surface area contributed by atoms with Gasteiger partial charge in [0.15, 0.2) is 0 Å². The van der Waals surface area contributed by atoms with Gasteiger partial charge >= 0.3 is 0 Å². The maximum absolute atomic E-state index is 12.9. The largest absolute Gasteiger partial charge is 0.490 e. The number of thiazole rings is 1. The average molecular weight is 482 g/mol. The summed E-state index contributed by atoms with van der Waals surface area (Å²) in [6, 6.07) is 9.16. The quantitative estimate of drug-likeness (QED) is 0.629. The van der Waals surface area contributed by atoms with Crippen LogP contribution in [0.25, 0.3) is 10.6 Å². The second-order valence-corrected chi connectivity index (χ2v) is 11.4. The number of rotatable bonds is 5. The third-order valence-corrected chi connectivity index (χ3v) is 9.13. The first-order valence-electron chi connectivity index (χ1n) is 13.1. The van der Waals surface area contributed by atoms with Gasteiger partial charge in [-0.25, -0.2) is 4.98 Å². The second-order valence-electron chi connectivity index (χ2n) is 10.3. The maximum atomic E-state index is 12.9. The lowest BCUT2D eigenvalue weighted by Crippen LogP contribution is -2.50. The molecular formula is C27H35N3O3S. The molecule has 0 radical (unpaired) electrons. The highest BCUT2D eigenvalue weighted by Crippen LogP contribution is 2.35. The van der Waals surface area contributed by atoms with Crippen molar-refractivity contribution in [2.75, 3.05) is 32.8 Å². The van der Waals surface area contributed by atoms with Gasteiger partial charge in [0.05, 0.1) is 12.2 Å². The zero-order valence-corrected chi connectivity index (χ0v) is 20.7. The van der Waals surface area contributed by atoms with Crippen LogP contribution in [0.3, 0.4) is 0 Å². The maximum Gasteiger partial charge on any atom is 0.226 e. The van der Waals surface area contributed by atoms with Crippen LogP contribution in [0.2, 0.25) is 0 Å². The van der Waals surface area contributed by atoms with E-state index in [1.54, 1.807) is 11.3 Å². The standard InChI is InChI=1S/C27H35N3O3S/c31-27(20-9-14-32-15-10-20)30-13-8-24-25(18-30)34-26(28-24)19-4-6-22(7-5-19)33-23-16-21(17-23)29-11-2-1-3-12-29/h4-7,20-21,23H,1-3,8-18H2/t21-,23-. The summed E-state index contributed by atoms with van der Waals surface area (Å²) in [6.07, 6.45) is 9.32. The summed E-state index contributed by atoms with van der Waals surface area (Å²) in [6.45, 7) is 5.43. The van der Waals surface area contributed by atoms with Gasteiger partial charge in [-0.2, -0.15) is 0 Å². The van der Waals surface area contributed by atoms with Crippen LogP contribution in [0.4, 0.5) is 0 Å². The Hall–Kier alpha value is -1.96. The molecule has 0 unspecified atom stereocenters. The number of ether oxygens (including phenoxy) is 2. The first-order chi connectivity index (χ1) is 16.7. The molecule has 0 bridgehead atoms. The summed E-state index contributed by atoms with van der Waals surface area (Å²) < 4.78 is 11.7. The van der Waals surface area contributed by atoms with Crippen LogP contribution < -0.4 is 4.74 Å². The van der Waals surface area contributed by atoms with Crippen LogP contribution >= 0.6 is 11.3 Å². The summed E-state index contributed by atoms with van der Waals surface area (Å²) in [5, 5.41) is 1.05. The molecule has 1 aromatic heterocycles. The predicted molar refractivity (Wildman–Crippen MR) is 133 cm³/mol. The Morgan fingerprint density at radius 1 is 1.03 bits per heavy atom. The number of hydrogen-bond donors (Lipinski definition) is 0. The van der Waals surface area contributed by atoms with Gasteiger partial charge in [0.2, 0.25) is 5.91 Å². The molecular weight excluding hydrogens is 446 g/mol. The fourth-order valence-electron chi connectivity index (χ4n) is 5.79. The van der Waals surface area contributed by atoms with Crippen molar-refractivity contribution in [1.29, 1.82) is 0 Å². The minimum absolute atomic E-state index is 0.126. The second kappa shape index (κ2) is 9.96. The lowest BCUT2D eigenvalue weighted by molar-refractivity contribution is -0.139. The van der Waals surface area contributed by atoms with Gasteiger partial charge in [0.25, 0.3) is 0 Å². The molecule has 2 aromatic rings. The first-order valence-corrected chi connectivity index (χ1v) is 13.9. The summed E-state index contributed by atoms with van der Waals surface area (Å²) in [7, 11) is 0. The Labute approximate surface area is 206 Å². The highest BCUT2D eigenvalue weighted by molar-refractivity contribution is 7.15. The van der Waals surface area contributed by atoms with E-state index in [1.807, 2.05) is 4.90 Å². The van der Waals surface area contributed by atoms with E-state index in [-0.39, 0.29) is 5.92 Å². The summed E-state index contributed by atoms with van der Waals surface area (Å²) in [5.74, 6) is 1.38. The number of aromatic nitrogens is 1. The van der Waals surface area contributed by atoms with Crippen molar-refractivity contribution in [1.82, 2.24) is 14.8 Å². The molecule has 34 heavy (non-hydrogen) atoms. The number of carbonyl (C=O) groups is 1. The molecule has 0 atom stereocenters. The minimum atomic E-state index is 0.126. The number of amides is 1. The highest BCUT2D eigenvalue weighted by atomic mass is 32.1. The molecule has 1 aromatic carbocycles. The van der Waals surface area contributed by atoms with Gasteiger partial charge in [-0.05, 0) is 63.0 Å². The molecule has 182 valence electrons. The van der Waals surface area contributed by atoms with E-state index in [2.05, 4.69) is 29.2 Å². The number of piperidine rings is 1. The lowest BCUT2D eigenvalue weighted by atomic mass is 9.86. The molecule has 2 saturated heterocycles. The molecule has 4 aliphatic rings. The van der Waals surface area contributed by atoms with E-state index < -0.39 is 0 Å². The molecule has 1 aliphatic carbocycles. The molecule has 6 rings (SSSR count). The Morgan fingerprint density at radius 3 is 2.56 bits per heavy atom. The van der Waals surface area contributed by atoms with Gasteiger partial charge in [0, 0.05) is 61.4 Å². The molecule has 3 aliphatic heterocycles. The monoisotopic (exact) mass is 481 g/mol. The van der Waals surface area contributed by atoms with Crippen LogP contribution in [0.5, 0.6) is 5.75 Å². The van der Waals surface area contributed by atoms with Crippen molar-refractivity contribution >= 4 is 17.2 Å². The van der Waals surface area contributed by atoms with Gasteiger partial charge in [-0.15, -0.1) is 11.3 Å². The third-order valence-electron chi connectivity index (χ3n) is 7.99. The third kappa shape index (κ3) is 4.75. The number of hydrogen-bond acceptors (Lipinski definition) is 6. The summed E-state index contributed by atoms with van der Waals surface area (Å²) in [4.78, 5) is 23.8. The normalized spacial score (nSPS) is 26.1. The van der Waals surface area contributed by atoms with Crippen molar-refractivity contribution in [3.8, 4) is 16.3 Å². The summed E-state index contributed by atoms with van der Waals surface area (Å²) in [5.41, 5.74) is 2.29. The number of likely N-dealkylation sites (tertiary alicyclic amines) is 1. The van der Waals surface area contributed by atoms with Crippen LogP contribution in [0, 0.1) is 5.92 Å². The molecule has 3 fully saturated rings. The number of carbonyl (C=O) groups excluding carboxylic acids is 1. The Bertz CT molecular complexity index is 989. The van der Waals surface area contributed by atoms with Crippen molar-refractivity contribution in [2.24, 2.45) is 5.92 Å². The molecule has 6 nitrogen and oxygen atoms in total. The van der Waals surface area contributed by atoms with E-state index in [0.29, 0.717) is 31.8 Å². The fraction of sp³-hybridized carbons (Fsp3) is 0.630. The van der Waals surface area contributed by atoms with Crippen molar-refractivity contribution < 1.29 is 14.3 Å². The van der Waals surface area contributed by atoms with Gasteiger partial charge in [0.1, 0.15) is 16.9 Å². The Kier molecular flexibility index (Phi) is 6.59. The molecule has 0 spiro atoms. The highest BCUT2D eigenvalue weighted by Gasteiger charge is 2.35. The van der Waals surface area contributed by atoms with Crippen LogP contribution in [0.1, 0.15) is 55.5 Å². The van der Waals surface area contributed by atoms with Crippen molar-refractivity contribution in [3.63, 3.8) is 0 Å². The molecule has 1 amide bonds. The molecule has 4 heterocycles. The average Bonchev–Trinajstić information content (AvgIpc) is 3.30. The zero-order chi connectivity index (χ0) is 22.9.